The fourth-order valence-corrected chi connectivity index (χ4v) is 3.82. The van der Waals surface area contributed by atoms with E-state index in [1.54, 1.807) is 0 Å². The van der Waals surface area contributed by atoms with Gasteiger partial charge in [-0.25, -0.2) is 0 Å². The Morgan fingerprint density at radius 2 is 2.11 bits per heavy atom. The molecular weight excluding hydrogens is 446 g/mol. The predicted molar refractivity (Wildman–Crippen MR) is 97.0 cm³/mol. The number of allylic oxidation sites excluding steroid dienone is 9. The molecule has 18 heavy (non-hydrogen) atoms. The Hall–Kier alpha value is 0.160. The lowest BCUT2D eigenvalue weighted by Crippen LogP contribution is -2.22. The first-order chi connectivity index (χ1) is 8.37. The Labute approximate surface area is 137 Å². The standard InChI is InChI=1S/C16H18I2/c1-5-11(17)8-14-10(2)13-7-6-12(18)9-15(13)16(14,3)4/h5-9,13,15H,2H2,1,3-4H3/b11-5+,14-8+. The highest BCUT2D eigenvalue weighted by Crippen LogP contribution is 2.56. The van der Waals surface area contributed by atoms with Crippen LogP contribution in [0.15, 0.2) is 55.3 Å². The van der Waals surface area contributed by atoms with Crippen LogP contribution in [0, 0.1) is 17.3 Å². The summed E-state index contributed by atoms with van der Waals surface area (Å²) in [5.74, 6) is 1.03. The van der Waals surface area contributed by atoms with Gasteiger partial charge in [-0.2, -0.15) is 0 Å². The summed E-state index contributed by atoms with van der Waals surface area (Å²) in [7, 11) is 0. The molecule has 2 aliphatic rings. The maximum Gasteiger partial charge on any atom is 0.00904 e. The number of halogens is 2. The molecule has 0 aromatic rings. The van der Waals surface area contributed by atoms with Crippen molar-refractivity contribution < 1.29 is 0 Å². The summed E-state index contributed by atoms with van der Waals surface area (Å²) in [5, 5.41) is 0. The molecule has 0 aliphatic heterocycles. The minimum Gasteiger partial charge on any atom is -0.0949 e. The Morgan fingerprint density at radius 3 is 2.72 bits per heavy atom. The first-order valence-corrected chi connectivity index (χ1v) is 8.32. The highest BCUT2D eigenvalue weighted by molar-refractivity contribution is 14.1. The van der Waals surface area contributed by atoms with Gasteiger partial charge in [-0.05, 0) is 80.7 Å². The van der Waals surface area contributed by atoms with Gasteiger partial charge in [0.1, 0.15) is 0 Å². The van der Waals surface area contributed by atoms with E-state index in [0.29, 0.717) is 11.8 Å². The summed E-state index contributed by atoms with van der Waals surface area (Å²) in [6, 6.07) is 0. The van der Waals surface area contributed by atoms with Gasteiger partial charge >= 0.3 is 0 Å². The maximum atomic E-state index is 4.35. The third-order valence-electron chi connectivity index (χ3n) is 4.02. The lowest BCUT2D eigenvalue weighted by molar-refractivity contribution is 0.333. The van der Waals surface area contributed by atoms with Gasteiger partial charge in [-0.3, -0.25) is 0 Å². The first-order valence-electron chi connectivity index (χ1n) is 6.16. The van der Waals surface area contributed by atoms with Gasteiger partial charge in [-0.1, -0.05) is 44.7 Å². The monoisotopic (exact) mass is 464 g/mol. The molecule has 0 heterocycles. The molecule has 1 saturated carbocycles. The molecule has 0 aromatic carbocycles. The smallest absolute Gasteiger partial charge is 0.00904 e. The van der Waals surface area contributed by atoms with Gasteiger partial charge in [0.15, 0.2) is 0 Å². The minimum absolute atomic E-state index is 0.169. The topological polar surface area (TPSA) is 0 Å². The average Bonchev–Trinajstić information content (AvgIpc) is 2.50. The molecule has 2 atom stereocenters. The van der Waals surface area contributed by atoms with Gasteiger partial charge in [-0.15, -0.1) is 0 Å². The molecule has 0 spiro atoms. The van der Waals surface area contributed by atoms with Crippen LogP contribution < -0.4 is 0 Å². The van der Waals surface area contributed by atoms with E-state index < -0.39 is 0 Å². The van der Waals surface area contributed by atoms with Crippen molar-refractivity contribution in [2.75, 3.05) is 0 Å². The molecule has 0 amide bonds. The normalized spacial score (nSPS) is 32.7. The van der Waals surface area contributed by atoms with Gasteiger partial charge in [0.25, 0.3) is 0 Å². The summed E-state index contributed by atoms with van der Waals surface area (Å²) in [6.07, 6.45) is 11.4. The van der Waals surface area contributed by atoms with Gasteiger partial charge in [0.05, 0.1) is 0 Å². The summed E-state index contributed by atoms with van der Waals surface area (Å²) in [5.41, 5.74) is 2.87. The van der Waals surface area contributed by atoms with E-state index in [0.717, 1.165) is 0 Å². The van der Waals surface area contributed by atoms with Gasteiger partial charge < -0.3 is 0 Å². The van der Waals surface area contributed by atoms with Gasteiger partial charge in [0.2, 0.25) is 0 Å². The van der Waals surface area contributed by atoms with E-state index >= 15 is 0 Å². The number of hydrogen-bond donors (Lipinski definition) is 0. The van der Waals surface area contributed by atoms with Crippen molar-refractivity contribution in [3.05, 3.63) is 55.3 Å². The molecule has 2 heteroatoms. The lowest BCUT2D eigenvalue weighted by atomic mass is 9.75. The van der Waals surface area contributed by atoms with E-state index in [-0.39, 0.29) is 5.41 Å². The Kier molecular flexibility index (Phi) is 4.26. The summed E-state index contributed by atoms with van der Waals surface area (Å²) >= 11 is 4.80. The van der Waals surface area contributed by atoms with Crippen molar-refractivity contribution in [2.24, 2.45) is 17.3 Å². The van der Waals surface area contributed by atoms with E-state index in [1.807, 2.05) is 0 Å². The second-order valence-corrected chi connectivity index (χ2v) is 7.93. The Balaban J connectivity index is 2.50. The summed E-state index contributed by atoms with van der Waals surface area (Å²) in [4.78, 5) is 0. The molecule has 0 saturated heterocycles. The van der Waals surface area contributed by atoms with Crippen molar-refractivity contribution in [1.29, 1.82) is 0 Å². The van der Waals surface area contributed by atoms with Crippen LogP contribution in [0.2, 0.25) is 0 Å². The zero-order valence-corrected chi connectivity index (χ0v) is 15.3. The number of hydrogen-bond acceptors (Lipinski definition) is 0. The Bertz CT molecular complexity index is 501. The van der Waals surface area contributed by atoms with Crippen LogP contribution in [0.4, 0.5) is 0 Å². The molecule has 2 aliphatic carbocycles. The van der Waals surface area contributed by atoms with Crippen LogP contribution in [-0.2, 0) is 0 Å². The number of fused-ring (bicyclic) bond motifs is 1. The number of rotatable bonds is 1. The third-order valence-corrected chi connectivity index (χ3v) is 5.68. The highest BCUT2D eigenvalue weighted by atomic mass is 127. The minimum atomic E-state index is 0.169. The fourth-order valence-electron chi connectivity index (χ4n) is 2.91. The Morgan fingerprint density at radius 1 is 1.44 bits per heavy atom. The predicted octanol–water partition coefficient (Wildman–Crippen LogP) is 5.97. The quantitative estimate of drug-likeness (QED) is 0.420. The molecule has 96 valence electrons. The van der Waals surface area contributed by atoms with Gasteiger partial charge in [0, 0.05) is 13.1 Å². The summed E-state index contributed by atoms with van der Waals surface area (Å²) < 4.78 is 2.63. The van der Waals surface area contributed by atoms with Crippen molar-refractivity contribution >= 4 is 45.2 Å². The van der Waals surface area contributed by atoms with E-state index in [4.69, 9.17) is 0 Å². The van der Waals surface area contributed by atoms with E-state index in [2.05, 4.69) is 103 Å². The zero-order chi connectivity index (χ0) is 13.5. The molecule has 0 N–H and O–H groups in total. The van der Waals surface area contributed by atoms with Crippen LogP contribution in [0.5, 0.6) is 0 Å². The van der Waals surface area contributed by atoms with Crippen LogP contribution in [0.1, 0.15) is 20.8 Å². The molecule has 0 radical (unpaired) electrons. The second kappa shape index (κ2) is 5.27. The van der Waals surface area contributed by atoms with Crippen molar-refractivity contribution in [1.82, 2.24) is 0 Å². The van der Waals surface area contributed by atoms with Crippen LogP contribution in [0.3, 0.4) is 0 Å². The maximum absolute atomic E-state index is 4.35. The van der Waals surface area contributed by atoms with Crippen molar-refractivity contribution in [3.63, 3.8) is 0 Å². The zero-order valence-electron chi connectivity index (χ0n) is 11.0. The average molecular weight is 464 g/mol. The van der Waals surface area contributed by atoms with Crippen LogP contribution >= 0.6 is 45.2 Å². The largest absolute Gasteiger partial charge is 0.0949 e. The molecular formula is C16H18I2. The highest BCUT2D eigenvalue weighted by Gasteiger charge is 2.46. The second-order valence-electron chi connectivity index (χ2n) is 5.44. The first kappa shape index (κ1) is 14.6. The molecule has 2 unspecified atom stereocenters. The third kappa shape index (κ3) is 2.42. The van der Waals surface area contributed by atoms with Crippen molar-refractivity contribution in [3.8, 4) is 0 Å². The molecule has 0 nitrogen and oxygen atoms in total. The van der Waals surface area contributed by atoms with E-state index in [9.17, 15) is 0 Å². The SMILES string of the molecule is C=C1/C(=C\C(I)=C/C)C(C)(C)C2C=C(I)C=CC12. The molecule has 0 bridgehead atoms. The summed E-state index contributed by atoms with van der Waals surface area (Å²) in [6.45, 7) is 11.1. The van der Waals surface area contributed by atoms with Crippen LogP contribution in [0.25, 0.3) is 0 Å². The fraction of sp³-hybridized carbons (Fsp3) is 0.375. The van der Waals surface area contributed by atoms with Crippen molar-refractivity contribution in [2.45, 2.75) is 20.8 Å². The lowest BCUT2D eigenvalue weighted by Gasteiger charge is -2.29. The molecule has 0 aromatic heterocycles. The molecule has 1 fully saturated rings. The molecule has 2 rings (SSSR count). The van der Waals surface area contributed by atoms with Crippen LogP contribution in [-0.4, -0.2) is 0 Å². The van der Waals surface area contributed by atoms with E-state index in [1.165, 1.54) is 18.3 Å².